The lowest BCUT2D eigenvalue weighted by Gasteiger charge is -2.39. The first-order valence-electron chi connectivity index (χ1n) is 12.2. The van der Waals surface area contributed by atoms with Gasteiger partial charge in [-0.25, -0.2) is 4.98 Å². The van der Waals surface area contributed by atoms with Crippen LogP contribution in [0.15, 0.2) is 42.6 Å². The molecule has 1 aliphatic heterocycles. The van der Waals surface area contributed by atoms with Gasteiger partial charge in [-0.3, -0.25) is 14.5 Å². The number of rotatable bonds is 6. The fraction of sp³-hybridized carbons (Fsp3) is 0.462. The summed E-state index contributed by atoms with van der Waals surface area (Å²) in [4.78, 5) is 30.9. The van der Waals surface area contributed by atoms with Crippen LogP contribution in [0.25, 0.3) is 0 Å². The van der Waals surface area contributed by atoms with E-state index in [1.54, 1.807) is 18.3 Å². The minimum absolute atomic E-state index is 0.0958. The number of halogens is 3. The van der Waals surface area contributed by atoms with Gasteiger partial charge in [0, 0.05) is 42.5 Å². The molecule has 196 valence electrons. The summed E-state index contributed by atoms with van der Waals surface area (Å²) in [6.07, 6.45) is 0.453. The molecule has 4 rings (SSSR count). The topological polar surface area (TPSA) is 118 Å². The van der Waals surface area contributed by atoms with Crippen LogP contribution < -0.4 is 10.6 Å². The van der Waals surface area contributed by atoms with Crippen LogP contribution in [0.2, 0.25) is 0 Å². The van der Waals surface area contributed by atoms with Crippen molar-refractivity contribution in [3.63, 3.8) is 0 Å². The first-order chi connectivity index (χ1) is 17.6. The van der Waals surface area contributed by atoms with Gasteiger partial charge in [-0.05, 0) is 56.4 Å². The molecule has 2 heterocycles. The molecule has 2 aromatic rings. The smallest absolute Gasteiger partial charge is 0.385 e. The van der Waals surface area contributed by atoms with Crippen LogP contribution in [-0.4, -0.2) is 58.5 Å². The zero-order valence-corrected chi connectivity index (χ0v) is 20.1. The minimum atomic E-state index is -4.56. The number of hydrogen-bond donors (Lipinski definition) is 3. The number of hydrogen-bond acceptors (Lipinski definition) is 6. The average Bonchev–Trinajstić information content (AvgIpc) is 3.35. The van der Waals surface area contributed by atoms with Crippen molar-refractivity contribution in [3.8, 4) is 6.07 Å². The van der Waals surface area contributed by atoms with Crippen molar-refractivity contribution in [1.82, 2.24) is 20.5 Å². The number of pyridine rings is 1. The maximum absolute atomic E-state index is 12.9. The molecule has 8 nitrogen and oxygen atoms in total. The summed E-state index contributed by atoms with van der Waals surface area (Å²) in [5, 5.41) is 25.3. The molecule has 37 heavy (non-hydrogen) atoms. The molecule has 3 N–H and O–H groups in total. The van der Waals surface area contributed by atoms with E-state index in [4.69, 9.17) is 5.26 Å². The summed E-state index contributed by atoms with van der Waals surface area (Å²) in [6.45, 7) is 1.11. The number of aliphatic hydroxyl groups is 1. The lowest BCUT2D eigenvalue weighted by molar-refractivity contribution is -0.137. The van der Waals surface area contributed by atoms with Crippen LogP contribution >= 0.6 is 0 Å². The highest BCUT2D eigenvalue weighted by Gasteiger charge is 2.39. The van der Waals surface area contributed by atoms with Gasteiger partial charge >= 0.3 is 6.18 Å². The van der Waals surface area contributed by atoms with Crippen LogP contribution in [0.1, 0.15) is 59.3 Å². The van der Waals surface area contributed by atoms with Crippen LogP contribution in [-0.2, 0) is 16.6 Å². The van der Waals surface area contributed by atoms with E-state index in [2.05, 4.69) is 20.5 Å². The summed E-state index contributed by atoms with van der Waals surface area (Å²) < 4.78 is 38.6. The molecular weight excluding hydrogens is 487 g/mol. The Kier molecular flexibility index (Phi) is 7.80. The zero-order valence-electron chi connectivity index (χ0n) is 20.1. The fourth-order valence-electron chi connectivity index (χ4n) is 5.08. The van der Waals surface area contributed by atoms with E-state index in [1.807, 2.05) is 6.07 Å². The quantitative estimate of drug-likeness (QED) is 0.545. The lowest BCUT2D eigenvalue weighted by atomic mass is 9.78. The molecule has 1 unspecified atom stereocenters. The normalized spacial score (nSPS) is 24.3. The maximum atomic E-state index is 12.9. The molecule has 2 fully saturated rings. The summed E-state index contributed by atoms with van der Waals surface area (Å²) in [6, 6.07) is 9.56. The Balaban J connectivity index is 1.21. The summed E-state index contributed by atoms with van der Waals surface area (Å²) in [5.41, 5.74) is -1.04. The molecule has 1 aliphatic carbocycles. The molecule has 1 saturated carbocycles. The number of nitrogens with one attached hydrogen (secondary N) is 2. The van der Waals surface area contributed by atoms with Crippen LogP contribution in [0.5, 0.6) is 0 Å². The SMILES string of the molecule is N#Cc1ccc(C2(O)CCC(N3CCC(NC(=O)CNC(=O)c4cccc(C(F)(F)F)c4)C3)CC2)cn1. The van der Waals surface area contributed by atoms with Gasteiger partial charge in [0.25, 0.3) is 5.91 Å². The molecule has 11 heteroatoms. The third kappa shape index (κ3) is 6.45. The van der Waals surface area contributed by atoms with Crippen molar-refractivity contribution in [2.45, 2.75) is 56.0 Å². The molecule has 2 amide bonds. The molecular formula is C26H28F3N5O3. The number of carbonyl (C=O) groups excluding carboxylic acids is 2. The molecule has 2 aliphatic rings. The highest BCUT2D eigenvalue weighted by atomic mass is 19.4. The summed E-state index contributed by atoms with van der Waals surface area (Å²) >= 11 is 0. The number of carbonyl (C=O) groups is 2. The molecule has 1 aromatic heterocycles. The molecule has 1 atom stereocenters. The third-order valence-corrected chi connectivity index (χ3v) is 7.16. The Morgan fingerprint density at radius 1 is 1.19 bits per heavy atom. The van der Waals surface area contributed by atoms with Gasteiger partial charge in [0.05, 0.1) is 17.7 Å². The fourth-order valence-corrected chi connectivity index (χ4v) is 5.08. The first kappa shape index (κ1) is 26.6. The predicted octanol–water partition coefficient (Wildman–Crippen LogP) is 2.72. The van der Waals surface area contributed by atoms with Gasteiger partial charge in [-0.1, -0.05) is 12.1 Å². The van der Waals surface area contributed by atoms with Crippen molar-refractivity contribution < 1.29 is 27.9 Å². The number of likely N-dealkylation sites (tertiary alicyclic amines) is 1. The number of alkyl halides is 3. The van der Waals surface area contributed by atoms with Gasteiger partial charge in [0.2, 0.25) is 5.91 Å². The molecule has 1 saturated heterocycles. The third-order valence-electron chi connectivity index (χ3n) is 7.16. The van der Waals surface area contributed by atoms with Crippen LogP contribution in [0.4, 0.5) is 13.2 Å². The van der Waals surface area contributed by atoms with Gasteiger partial charge in [0.1, 0.15) is 11.8 Å². The molecule has 0 bridgehead atoms. The van der Waals surface area contributed by atoms with Crippen LogP contribution in [0, 0.1) is 11.3 Å². The molecule has 1 aromatic carbocycles. The van der Waals surface area contributed by atoms with Gasteiger partial charge < -0.3 is 15.7 Å². The number of aromatic nitrogens is 1. The second-order valence-electron chi connectivity index (χ2n) is 9.62. The summed E-state index contributed by atoms with van der Waals surface area (Å²) in [5.74, 6) is -1.15. The van der Waals surface area contributed by atoms with Gasteiger partial charge in [-0.2, -0.15) is 18.4 Å². The Labute approximate surface area is 212 Å². The van der Waals surface area contributed by atoms with E-state index < -0.39 is 29.2 Å². The number of benzene rings is 1. The largest absolute Gasteiger partial charge is 0.416 e. The zero-order chi connectivity index (χ0) is 26.6. The summed E-state index contributed by atoms with van der Waals surface area (Å²) in [7, 11) is 0. The Morgan fingerprint density at radius 3 is 2.59 bits per heavy atom. The van der Waals surface area contributed by atoms with Crippen LogP contribution in [0.3, 0.4) is 0 Å². The Bertz CT molecular complexity index is 1170. The van der Waals surface area contributed by atoms with Crippen molar-refractivity contribution >= 4 is 11.8 Å². The maximum Gasteiger partial charge on any atom is 0.416 e. The number of nitrogens with zero attached hydrogens (tertiary/aromatic N) is 3. The van der Waals surface area contributed by atoms with E-state index in [0.717, 1.165) is 44.0 Å². The van der Waals surface area contributed by atoms with E-state index >= 15 is 0 Å². The standard InChI is InChI=1S/C26H28F3N5O3/c27-26(28,29)18-3-1-2-17(12-18)24(36)32-15-23(35)33-21-8-11-34(16-21)22-6-9-25(37,10-7-22)19-4-5-20(13-30)31-14-19/h1-5,12,14,21-22,37H,6-11,15-16H2,(H,32,36)(H,33,35). The second kappa shape index (κ2) is 10.9. The number of nitriles is 1. The van der Waals surface area contributed by atoms with E-state index in [0.29, 0.717) is 30.6 Å². The van der Waals surface area contributed by atoms with Gasteiger partial charge in [-0.15, -0.1) is 0 Å². The Hall–Kier alpha value is -3.49. The Morgan fingerprint density at radius 2 is 1.95 bits per heavy atom. The van der Waals surface area contributed by atoms with Crippen molar-refractivity contribution in [2.24, 2.45) is 0 Å². The first-order valence-corrected chi connectivity index (χ1v) is 12.2. The van der Waals surface area contributed by atoms with E-state index in [1.165, 1.54) is 6.07 Å². The average molecular weight is 516 g/mol. The number of amides is 2. The van der Waals surface area contributed by atoms with Crippen molar-refractivity contribution in [1.29, 1.82) is 5.26 Å². The monoisotopic (exact) mass is 515 g/mol. The van der Waals surface area contributed by atoms with E-state index in [9.17, 15) is 27.9 Å². The van der Waals surface area contributed by atoms with Gasteiger partial charge in [0.15, 0.2) is 0 Å². The lowest BCUT2D eigenvalue weighted by Crippen LogP contribution is -2.45. The highest BCUT2D eigenvalue weighted by molar-refractivity contribution is 5.96. The van der Waals surface area contributed by atoms with Crippen molar-refractivity contribution in [2.75, 3.05) is 19.6 Å². The predicted molar refractivity (Wildman–Crippen MR) is 127 cm³/mol. The highest BCUT2D eigenvalue weighted by Crippen LogP contribution is 2.39. The van der Waals surface area contributed by atoms with Crippen molar-refractivity contribution in [3.05, 3.63) is 65.0 Å². The second-order valence-corrected chi connectivity index (χ2v) is 9.62. The molecule has 0 spiro atoms. The minimum Gasteiger partial charge on any atom is -0.385 e. The van der Waals surface area contributed by atoms with E-state index in [-0.39, 0.29) is 24.2 Å². The molecule has 0 radical (unpaired) electrons.